The number of nitriles is 3. The molecule has 0 heterocycles. The minimum absolute atomic E-state index is 0.681. The van der Waals surface area contributed by atoms with Gasteiger partial charge in [-0.25, -0.2) is 19.7 Å². The molecule has 10 rings (SSSR count). The Labute approximate surface area is 398 Å². The van der Waals surface area contributed by atoms with E-state index in [0.717, 1.165) is 24.2 Å². The highest BCUT2D eigenvalue weighted by atomic mass is 14.6. The van der Waals surface area contributed by atoms with Crippen molar-refractivity contribution in [3.8, 4) is 18.2 Å². The van der Waals surface area contributed by atoms with Crippen LogP contribution in [-0.2, 0) is 0 Å². The first-order valence-electron chi connectivity index (χ1n) is 26.4. The van der Waals surface area contributed by atoms with Crippen molar-refractivity contribution in [1.29, 1.82) is 15.8 Å². The Morgan fingerprint density at radius 1 is 0.484 bits per heavy atom. The van der Waals surface area contributed by atoms with E-state index in [1.807, 2.05) is 13.8 Å². The number of hydrogen-bond donors (Lipinski definition) is 0. The standard InChI is InChI=1S/C14H22.C13H22.C7H12.C7H14.C4H7N.C3H6.5C2H3N/c1-3-11-5-9(1)7-13(11)14-8-10-2-4-12(14)6-10;1-2-4-11(5-3-1)13-9-10-6-7-12(13)8-10;1-2-7-4-3-6(1)5-7;1-7-5-3-2-4-6-7;1-3-4-5-2;3*1-3-2;3*1-2-3/h9-14H,1-8H2;10-13H,1-9H2;6-7H,1-5H2;7H,2-6H2,1H3;3-4H2,1H3;3H,1H2,2H3;5*1H3. The monoisotopic (exact) mass is 879 g/mol. The van der Waals surface area contributed by atoms with Crippen molar-refractivity contribution in [2.24, 2.45) is 76.9 Å². The van der Waals surface area contributed by atoms with Gasteiger partial charge in [-0.05, 0) is 148 Å². The molecule has 9 unspecified atom stereocenters. The molecule has 8 bridgehead atoms. The first-order chi connectivity index (χ1) is 31.1. The zero-order valence-electron chi connectivity index (χ0n) is 43.0. The summed E-state index contributed by atoms with van der Waals surface area (Å²) in [5.74, 6) is 15.2. The fraction of sp³-hybridized carbons (Fsp3) is 0.862. The molecule has 0 aliphatic heterocycles. The van der Waals surface area contributed by atoms with Crippen molar-refractivity contribution in [2.45, 2.75) is 221 Å². The van der Waals surface area contributed by atoms with Crippen molar-refractivity contribution in [3.63, 3.8) is 0 Å². The van der Waals surface area contributed by atoms with Crippen molar-refractivity contribution < 1.29 is 0 Å². The van der Waals surface area contributed by atoms with Gasteiger partial charge in [0.1, 0.15) is 0 Å². The third-order valence-corrected chi connectivity index (χ3v) is 16.0. The number of fused-ring (bicyclic) bond motifs is 8. The van der Waals surface area contributed by atoms with Crippen LogP contribution in [0.15, 0.2) is 12.7 Å². The van der Waals surface area contributed by atoms with Crippen LogP contribution in [0.1, 0.15) is 221 Å². The molecule has 9 atom stereocenters. The maximum atomic E-state index is 7.32. The molecule has 10 fully saturated rings. The van der Waals surface area contributed by atoms with Crippen LogP contribution >= 0.6 is 0 Å². The first kappa shape index (κ1) is 60.7. The molecule has 0 aromatic rings. The Hall–Kier alpha value is -3.32. The lowest BCUT2D eigenvalue weighted by Crippen LogP contribution is -2.25. The molecule has 10 aliphatic carbocycles. The van der Waals surface area contributed by atoms with Crippen LogP contribution in [0.25, 0.3) is 14.5 Å². The second-order valence-electron chi connectivity index (χ2n) is 20.7. The largest absolute Gasteiger partial charge is 0.320 e. The highest BCUT2D eigenvalue weighted by molar-refractivity contribution is 5.00. The van der Waals surface area contributed by atoms with E-state index in [9.17, 15) is 0 Å². The number of hydrogen-bond acceptors (Lipinski definition) is 3. The zero-order chi connectivity index (χ0) is 48.0. The third kappa shape index (κ3) is 25.4. The lowest BCUT2D eigenvalue weighted by Gasteiger charge is -2.33. The summed E-state index contributed by atoms with van der Waals surface area (Å²) in [6, 6.07) is 5.25. The molecule has 0 saturated heterocycles. The molecule has 0 aromatic heterocycles. The number of rotatable bonds is 3. The maximum Gasteiger partial charge on any atom is 0.214 e. The Bertz CT molecular complexity index is 1290. The summed E-state index contributed by atoms with van der Waals surface area (Å²) in [6.07, 6.45) is 45.1. The third-order valence-electron chi connectivity index (χ3n) is 16.0. The second kappa shape index (κ2) is 40.0. The van der Waals surface area contributed by atoms with Gasteiger partial charge in [-0.1, -0.05) is 129 Å². The fourth-order valence-electron chi connectivity index (χ4n) is 13.7. The molecule has 0 radical (unpaired) electrons. The van der Waals surface area contributed by atoms with Crippen LogP contribution in [0.3, 0.4) is 0 Å². The molecule has 360 valence electrons. The van der Waals surface area contributed by atoms with E-state index < -0.39 is 0 Å². The van der Waals surface area contributed by atoms with Crippen LogP contribution in [0.4, 0.5) is 0 Å². The molecule has 0 amide bonds. The van der Waals surface area contributed by atoms with E-state index >= 15 is 0 Å². The summed E-state index contributed by atoms with van der Waals surface area (Å²) in [5.41, 5.74) is 0. The summed E-state index contributed by atoms with van der Waals surface area (Å²) >= 11 is 0. The highest BCUT2D eigenvalue weighted by Crippen LogP contribution is 2.60. The topological polar surface area (TPSA) is 84.5 Å². The van der Waals surface area contributed by atoms with Gasteiger partial charge in [0.05, 0.1) is 18.2 Å². The van der Waals surface area contributed by atoms with Gasteiger partial charge in [-0.15, -0.1) is 6.58 Å². The lowest BCUT2D eigenvalue weighted by atomic mass is 9.72. The van der Waals surface area contributed by atoms with Gasteiger partial charge in [-0.2, -0.15) is 15.8 Å². The second-order valence-corrected chi connectivity index (χ2v) is 20.7. The van der Waals surface area contributed by atoms with Crippen molar-refractivity contribution in [3.05, 3.63) is 46.9 Å². The van der Waals surface area contributed by atoms with Gasteiger partial charge in [0, 0.05) is 27.2 Å². The van der Waals surface area contributed by atoms with E-state index in [-0.39, 0.29) is 0 Å². The van der Waals surface area contributed by atoms with E-state index in [1.54, 1.807) is 159 Å². The Kier molecular flexibility index (Phi) is 37.9. The molecule has 10 aliphatic rings. The zero-order valence-corrected chi connectivity index (χ0v) is 43.0. The van der Waals surface area contributed by atoms with Gasteiger partial charge < -0.3 is 14.5 Å². The quantitative estimate of drug-likeness (QED) is 0.209. The van der Waals surface area contributed by atoms with E-state index in [0.29, 0.717) is 6.54 Å². The maximum absolute atomic E-state index is 7.32. The lowest BCUT2D eigenvalue weighted by molar-refractivity contribution is 0.164. The summed E-state index contributed by atoms with van der Waals surface area (Å²) in [6.45, 7) is 32.5. The van der Waals surface area contributed by atoms with E-state index in [4.69, 9.17) is 35.5 Å². The molecule has 6 nitrogen and oxygen atoms in total. The molecule has 0 N–H and O–H groups in total. The van der Waals surface area contributed by atoms with Gasteiger partial charge in [0.25, 0.3) is 0 Å². The highest BCUT2D eigenvalue weighted by Gasteiger charge is 2.50. The van der Waals surface area contributed by atoms with Crippen LogP contribution in [0.5, 0.6) is 0 Å². The SMILES string of the molecule is C1CC2CC1CC2C1CC2CCC1C2.C1CC2CCC1C2.C1CCC(C2CC3CCC2C3)CC1.C=CC.CC#N.CC#N.CC#N.CC1CCCCC1.[C-]#[N+]C.[C-]#[N+]C.[C-]#[N+]CCC. The number of nitrogens with zero attached hydrogens (tertiary/aromatic N) is 6. The average molecular weight is 879 g/mol. The minimum atomic E-state index is 0.681. The van der Waals surface area contributed by atoms with Crippen LogP contribution in [-0.4, -0.2) is 20.6 Å². The molecular weight excluding hydrogens is 781 g/mol. The van der Waals surface area contributed by atoms with Crippen molar-refractivity contribution in [1.82, 2.24) is 0 Å². The molecule has 0 aromatic carbocycles. The van der Waals surface area contributed by atoms with Gasteiger partial charge in [0.2, 0.25) is 20.6 Å². The normalized spacial score (nSPS) is 31.8. The summed E-state index contributed by atoms with van der Waals surface area (Å²) < 4.78 is 0. The Balaban J connectivity index is 0.000000732. The van der Waals surface area contributed by atoms with Crippen molar-refractivity contribution >= 4 is 0 Å². The Morgan fingerprint density at radius 3 is 0.969 bits per heavy atom. The van der Waals surface area contributed by atoms with Crippen LogP contribution < -0.4 is 0 Å². The molecule has 0 spiro atoms. The minimum Gasteiger partial charge on any atom is -0.320 e. The predicted octanol–water partition coefficient (Wildman–Crippen LogP) is 17.8. The molecule has 64 heavy (non-hydrogen) atoms. The van der Waals surface area contributed by atoms with Gasteiger partial charge in [-0.3, -0.25) is 0 Å². The predicted molar refractivity (Wildman–Crippen MR) is 272 cm³/mol. The summed E-state index contributed by atoms with van der Waals surface area (Å²) in [5, 5.41) is 22.0. The van der Waals surface area contributed by atoms with Gasteiger partial charge in [0.15, 0.2) is 0 Å². The Morgan fingerprint density at radius 2 is 0.781 bits per heavy atom. The molecule has 6 heteroatoms. The van der Waals surface area contributed by atoms with Crippen LogP contribution in [0.2, 0.25) is 0 Å². The van der Waals surface area contributed by atoms with Crippen LogP contribution in [0, 0.1) is 131 Å². The fourth-order valence-corrected chi connectivity index (χ4v) is 13.7. The number of allylic oxidation sites excluding steroid dienone is 1. The van der Waals surface area contributed by atoms with Crippen molar-refractivity contribution in [2.75, 3.05) is 20.6 Å². The molecule has 10 saturated carbocycles. The summed E-state index contributed by atoms with van der Waals surface area (Å²) in [4.78, 5) is 8.60. The van der Waals surface area contributed by atoms with E-state index in [2.05, 4.69) is 28.0 Å². The summed E-state index contributed by atoms with van der Waals surface area (Å²) in [7, 11) is 2.83. The first-order valence-corrected chi connectivity index (χ1v) is 26.4. The van der Waals surface area contributed by atoms with E-state index in [1.165, 1.54) is 133 Å². The average Bonchev–Trinajstić information content (AvgIpc) is 4.18. The molecular formula is C58H98N6. The smallest absolute Gasteiger partial charge is 0.214 e. The van der Waals surface area contributed by atoms with Gasteiger partial charge >= 0.3 is 0 Å².